The molecular formula is C26H38N2O3S2. The van der Waals surface area contributed by atoms with Gasteiger partial charge in [-0.05, 0) is 42.2 Å². The van der Waals surface area contributed by atoms with Crippen LogP contribution in [0.3, 0.4) is 0 Å². The maximum absolute atomic E-state index is 13.4. The summed E-state index contributed by atoms with van der Waals surface area (Å²) in [7, 11) is -3.45. The Kier molecular flexibility index (Phi) is 10.4. The van der Waals surface area contributed by atoms with Crippen LogP contribution < -0.4 is 0 Å². The van der Waals surface area contributed by atoms with Crippen LogP contribution in [0.1, 0.15) is 68.7 Å². The predicted molar refractivity (Wildman–Crippen MR) is 136 cm³/mol. The molecule has 182 valence electrons. The van der Waals surface area contributed by atoms with Gasteiger partial charge in [0.2, 0.25) is 15.9 Å². The molecule has 1 aromatic heterocycles. The van der Waals surface area contributed by atoms with Crippen molar-refractivity contribution in [3.8, 4) is 0 Å². The first-order valence-electron chi connectivity index (χ1n) is 12.3. The number of carbonyl (C=O) groups is 1. The first-order chi connectivity index (χ1) is 16.0. The third-order valence-electron chi connectivity index (χ3n) is 6.12. The second-order valence-corrected chi connectivity index (χ2v) is 12.3. The highest BCUT2D eigenvalue weighted by Crippen LogP contribution is 2.31. The first-order valence-corrected chi connectivity index (χ1v) is 14.8. The zero-order valence-corrected chi connectivity index (χ0v) is 21.5. The van der Waals surface area contributed by atoms with Gasteiger partial charge in [0.05, 0.1) is 18.8 Å². The Morgan fingerprint density at radius 1 is 0.970 bits per heavy atom. The van der Waals surface area contributed by atoms with Gasteiger partial charge < -0.3 is 4.90 Å². The van der Waals surface area contributed by atoms with E-state index in [0.717, 1.165) is 42.5 Å². The lowest BCUT2D eigenvalue weighted by Gasteiger charge is -2.27. The number of hydrogen-bond donors (Lipinski definition) is 0. The lowest BCUT2D eigenvalue weighted by atomic mass is 10.1. The molecule has 5 nitrogen and oxygen atoms in total. The molecule has 1 amide bonds. The molecule has 0 aliphatic heterocycles. The number of thiophene rings is 1. The number of sulfonamides is 1. The van der Waals surface area contributed by atoms with Gasteiger partial charge in [-0.25, -0.2) is 8.42 Å². The van der Waals surface area contributed by atoms with Gasteiger partial charge in [-0.1, -0.05) is 75.4 Å². The van der Waals surface area contributed by atoms with E-state index in [0.29, 0.717) is 32.0 Å². The SMILES string of the molecule is CCCCCCCCS(=O)(=O)N(CC(=O)N(Cc1ccccc1)Cc1cccs1)CC1CC1. The standard InChI is InChI=1S/C26H38N2O3S2/c1-2-3-4-5-6-10-18-33(30,31)28(20-24-15-16-24)22-26(29)27(21-25-14-11-17-32-25)19-23-12-8-7-9-13-23/h7-9,11-14,17,24H,2-6,10,15-16,18-22H2,1H3. The Labute approximate surface area is 203 Å². The molecule has 0 N–H and O–H groups in total. The lowest BCUT2D eigenvalue weighted by molar-refractivity contribution is -0.132. The molecule has 0 unspecified atom stereocenters. The molecule has 1 aliphatic carbocycles. The van der Waals surface area contributed by atoms with E-state index in [1.54, 1.807) is 16.2 Å². The largest absolute Gasteiger partial charge is 0.332 e. The number of hydrogen-bond acceptors (Lipinski definition) is 4. The average Bonchev–Trinajstić information content (AvgIpc) is 3.48. The van der Waals surface area contributed by atoms with E-state index in [4.69, 9.17) is 0 Å². The van der Waals surface area contributed by atoms with Gasteiger partial charge in [0.15, 0.2) is 0 Å². The molecule has 2 aromatic rings. The van der Waals surface area contributed by atoms with Crippen LogP contribution in [-0.2, 0) is 27.9 Å². The second-order valence-electron chi connectivity index (χ2n) is 9.13. The number of amides is 1. The van der Waals surface area contributed by atoms with Crippen molar-refractivity contribution >= 4 is 27.3 Å². The predicted octanol–water partition coefficient (Wildman–Crippen LogP) is 5.68. The van der Waals surface area contributed by atoms with E-state index in [2.05, 4.69) is 6.92 Å². The summed E-state index contributed by atoms with van der Waals surface area (Å²) in [5.74, 6) is 0.416. The van der Waals surface area contributed by atoms with Gasteiger partial charge in [0.1, 0.15) is 0 Å². The van der Waals surface area contributed by atoms with Crippen molar-refractivity contribution in [3.05, 3.63) is 58.3 Å². The zero-order chi connectivity index (χ0) is 23.5. The fourth-order valence-electron chi connectivity index (χ4n) is 3.94. The van der Waals surface area contributed by atoms with Crippen LogP contribution in [0.25, 0.3) is 0 Å². The highest BCUT2D eigenvalue weighted by Gasteiger charge is 2.32. The van der Waals surface area contributed by atoms with E-state index in [-0.39, 0.29) is 18.2 Å². The number of benzene rings is 1. The Bertz CT molecular complexity index is 926. The minimum atomic E-state index is -3.45. The number of carbonyl (C=O) groups excluding carboxylic acids is 1. The average molecular weight is 491 g/mol. The molecular weight excluding hydrogens is 452 g/mol. The molecule has 1 aliphatic rings. The van der Waals surface area contributed by atoms with Gasteiger partial charge in [-0.15, -0.1) is 11.3 Å². The minimum Gasteiger partial charge on any atom is -0.332 e. The van der Waals surface area contributed by atoms with Gasteiger partial charge in [-0.2, -0.15) is 4.31 Å². The van der Waals surface area contributed by atoms with E-state index in [9.17, 15) is 13.2 Å². The van der Waals surface area contributed by atoms with Crippen LogP contribution in [0.2, 0.25) is 0 Å². The van der Waals surface area contributed by atoms with Crippen LogP contribution >= 0.6 is 11.3 Å². The molecule has 1 heterocycles. The Morgan fingerprint density at radius 3 is 2.36 bits per heavy atom. The van der Waals surface area contributed by atoms with Gasteiger partial charge in [0, 0.05) is 18.0 Å². The summed E-state index contributed by atoms with van der Waals surface area (Å²) in [6, 6.07) is 13.9. The molecule has 0 spiro atoms. The summed E-state index contributed by atoms with van der Waals surface area (Å²) in [4.78, 5) is 16.3. The van der Waals surface area contributed by atoms with Crippen molar-refractivity contribution in [3.63, 3.8) is 0 Å². The third kappa shape index (κ3) is 9.22. The maximum Gasteiger partial charge on any atom is 0.238 e. The van der Waals surface area contributed by atoms with Crippen molar-refractivity contribution in [1.82, 2.24) is 9.21 Å². The van der Waals surface area contributed by atoms with Gasteiger partial charge in [0.25, 0.3) is 0 Å². The molecule has 7 heteroatoms. The van der Waals surface area contributed by atoms with Crippen molar-refractivity contribution < 1.29 is 13.2 Å². The molecule has 0 radical (unpaired) electrons. The van der Waals surface area contributed by atoms with Crippen LogP contribution in [0, 0.1) is 5.92 Å². The minimum absolute atomic E-state index is 0.0626. The van der Waals surface area contributed by atoms with Crippen LogP contribution in [0.15, 0.2) is 47.8 Å². The number of nitrogens with zero attached hydrogens (tertiary/aromatic N) is 2. The van der Waals surface area contributed by atoms with Crippen LogP contribution in [-0.4, -0.2) is 42.4 Å². The summed E-state index contributed by atoms with van der Waals surface area (Å²) in [5, 5.41) is 2.00. The van der Waals surface area contributed by atoms with E-state index < -0.39 is 10.0 Å². The summed E-state index contributed by atoms with van der Waals surface area (Å²) >= 11 is 1.62. The van der Waals surface area contributed by atoms with Crippen molar-refractivity contribution in [2.45, 2.75) is 71.4 Å². The third-order valence-corrected chi connectivity index (χ3v) is 8.85. The van der Waals surface area contributed by atoms with Gasteiger partial charge >= 0.3 is 0 Å². The van der Waals surface area contributed by atoms with Crippen molar-refractivity contribution in [2.24, 2.45) is 5.92 Å². The van der Waals surface area contributed by atoms with Crippen molar-refractivity contribution in [2.75, 3.05) is 18.8 Å². The van der Waals surface area contributed by atoms with Gasteiger partial charge in [-0.3, -0.25) is 4.79 Å². The fourth-order valence-corrected chi connectivity index (χ4v) is 6.23. The van der Waals surface area contributed by atoms with E-state index in [1.807, 2.05) is 47.8 Å². The lowest BCUT2D eigenvalue weighted by Crippen LogP contribution is -2.44. The molecule has 0 atom stereocenters. The molecule has 33 heavy (non-hydrogen) atoms. The van der Waals surface area contributed by atoms with Crippen molar-refractivity contribution in [1.29, 1.82) is 0 Å². The number of rotatable bonds is 16. The topological polar surface area (TPSA) is 57.7 Å². The highest BCUT2D eigenvalue weighted by atomic mass is 32.2. The molecule has 1 aromatic carbocycles. The fraction of sp³-hybridized carbons (Fsp3) is 0.577. The first kappa shape index (κ1) is 25.9. The zero-order valence-electron chi connectivity index (χ0n) is 19.8. The molecule has 0 bridgehead atoms. The molecule has 0 saturated heterocycles. The highest BCUT2D eigenvalue weighted by molar-refractivity contribution is 7.89. The summed E-state index contributed by atoms with van der Waals surface area (Å²) < 4.78 is 27.8. The monoisotopic (exact) mass is 490 g/mol. The Hall–Kier alpha value is -1.70. The number of unbranched alkanes of at least 4 members (excludes halogenated alkanes) is 5. The maximum atomic E-state index is 13.4. The molecule has 3 rings (SSSR count). The second kappa shape index (κ2) is 13.3. The van der Waals surface area contributed by atoms with Crippen LogP contribution in [0.5, 0.6) is 0 Å². The van der Waals surface area contributed by atoms with E-state index >= 15 is 0 Å². The smallest absolute Gasteiger partial charge is 0.238 e. The van der Waals surface area contributed by atoms with E-state index in [1.165, 1.54) is 17.1 Å². The Morgan fingerprint density at radius 2 is 1.70 bits per heavy atom. The summed E-state index contributed by atoms with van der Waals surface area (Å²) in [6.07, 6.45) is 8.35. The quantitative estimate of drug-likeness (QED) is 0.285. The Balaban J connectivity index is 1.64. The normalized spacial score (nSPS) is 14.0. The molecule has 1 saturated carbocycles. The molecule has 1 fully saturated rings. The summed E-state index contributed by atoms with van der Waals surface area (Å²) in [5.41, 5.74) is 1.05. The van der Waals surface area contributed by atoms with Crippen LogP contribution in [0.4, 0.5) is 0 Å². The summed E-state index contributed by atoms with van der Waals surface area (Å²) in [6.45, 7) is 3.57.